The van der Waals surface area contributed by atoms with E-state index in [9.17, 15) is 19.2 Å². The van der Waals surface area contributed by atoms with Gasteiger partial charge in [0.15, 0.2) is 0 Å². The molecule has 7 aromatic carbocycles. The van der Waals surface area contributed by atoms with Crippen LogP contribution in [0.1, 0.15) is 147 Å². The van der Waals surface area contributed by atoms with E-state index >= 15 is 0 Å². The first-order valence-electron chi connectivity index (χ1n) is 20.6. The maximum Gasteiger partial charge on any atom is 0.258 e. The number of carbonyl (C=O) groups is 4. The molecule has 0 bridgehead atoms. The summed E-state index contributed by atoms with van der Waals surface area (Å²) in [5.41, 5.74) is 4.92. The quantitative estimate of drug-likeness (QED) is 0.104. The van der Waals surface area contributed by atoms with E-state index in [1.165, 1.54) is 0 Å². The third-order valence-electron chi connectivity index (χ3n) is 12.2. The molecule has 304 valence electrons. The molecule has 7 aromatic rings. The molecule has 8 heteroatoms. The van der Waals surface area contributed by atoms with E-state index in [1.54, 1.807) is 24.3 Å². The van der Waals surface area contributed by atoms with Crippen molar-refractivity contribution in [3.63, 3.8) is 0 Å². The number of carbonyl (C=O) groups excluding carboxylic acids is 4. The molecule has 2 aliphatic rings. The number of fused-ring (bicyclic) bond motifs is 2. The predicted molar refractivity (Wildman–Crippen MR) is 239 cm³/mol. The molecule has 0 spiro atoms. The molecular weight excluding hydrogens is 749 g/mol. The van der Waals surface area contributed by atoms with Crippen molar-refractivity contribution in [3.05, 3.63) is 117 Å². The van der Waals surface area contributed by atoms with Crippen LogP contribution in [0.15, 0.2) is 72.8 Å². The Morgan fingerprint density at radius 3 is 0.950 bits per heavy atom. The average Bonchev–Trinajstić information content (AvgIpc) is 3.14. The molecule has 4 amide bonds. The van der Waals surface area contributed by atoms with Gasteiger partial charge in [-0.3, -0.25) is 29.8 Å². The highest BCUT2D eigenvalue weighted by Gasteiger charge is 2.35. The van der Waals surface area contributed by atoms with E-state index in [0.717, 1.165) is 22.3 Å². The number of imide groups is 2. The topological polar surface area (TPSA) is 111 Å². The van der Waals surface area contributed by atoms with Crippen molar-refractivity contribution in [1.82, 2.24) is 10.6 Å². The van der Waals surface area contributed by atoms with Crippen molar-refractivity contribution in [3.8, 4) is 23.0 Å². The molecule has 0 atom stereocenters. The summed E-state index contributed by atoms with van der Waals surface area (Å²) in [6, 6.07) is 23.2. The maximum atomic E-state index is 13.9. The Morgan fingerprint density at radius 1 is 0.350 bits per heavy atom. The zero-order valence-electron chi connectivity index (χ0n) is 36.4. The van der Waals surface area contributed by atoms with Crippen LogP contribution in [0, 0.1) is 0 Å². The van der Waals surface area contributed by atoms with Crippen molar-refractivity contribution < 1.29 is 28.7 Å². The van der Waals surface area contributed by atoms with E-state index in [2.05, 4.69) is 106 Å². The molecule has 60 heavy (non-hydrogen) atoms. The number of hydrogen-bond acceptors (Lipinski definition) is 6. The van der Waals surface area contributed by atoms with E-state index in [4.69, 9.17) is 9.47 Å². The fourth-order valence-corrected chi connectivity index (χ4v) is 8.71. The first kappa shape index (κ1) is 39.2. The van der Waals surface area contributed by atoms with Gasteiger partial charge < -0.3 is 9.47 Å². The van der Waals surface area contributed by atoms with Gasteiger partial charge >= 0.3 is 0 Å². The van der Waals surface area contributed by atoms with Crippen LogP contribution >= 0.6 is 0 Å². The summed E-state index contributed by atoms with van der Waals surface area (Å²) in [5.74, 6) is -0.0310. The van der Waals surface area contributed by atoms with E-state index in [1.807, 2.05) is 36.4 Å². The van der Waals surface area contributed by atoms with Gasteiger partial charge in [-0.1, -0.05) is 107 Å². The fourth-order valence-electron chi connectivity index (χ4n) is 8.71. The van der Waals surface area contributed by atoms with Crippen LogP contribution in [0.25, 0.3) is 43.1 Å². The lowest BCUT2D eigenvalue weighted by molar-refractivity contribution is 0.0828. The zero-order valence-corrected chi connectivity index (χ0v) is 36.4. The van der Waals surface area contributed by atoms with Crippen LogP contribution in [0.3, 0.4) is 0 Å². The molecule has 2 aliphatic heterocycles. The van der Waals surface area contributed by atoms with Gasteiger partial charge in [-0.2, -0.15) is 0 Å². The minimum Gasteiger partial charge on any atom is -0.457 e. The third-order valence-corrected chi connectivity index (χ3v) is 12.2. The Morgan fingerprint density at radius 2 is 0.650 bits per heavy atom. The molecular formula is C52H50N2O6. The number of hydrogen-bond donors (Lipinski definition) is 2. The van der Waals surface area contributed by atoms with Gasteiger partial charge in [-0.25, -0.2) is 0 Å². The SMILES string of the molecule is CC(C)(C)c1cc(Oc2cc3c4c(ccc5c6c(Oc7cc(C(C)(C)C)cc(C(C)(C)C)c7)cc7c8c(ccc(c2c45)c86)C(=O)NC7=O)C(=O)NC3=O)cc(C(C)(C)C)c1. The van der Waals surface area contributed by atoms with Crippen molar-refractivity contribution in [2.45, 2.75) is 105 Å². The Hall–Kier alpha value is -6.28. The standard InChI is InChI=1S/C52H50N2O6/c1-49(2,3)25-17-26(50(4,5)6)20-29(19-25)59-37-23-35-39-33(45(55)53-47(35)57)16-14-32-42-38(60-30-21-27(51(7,8)9)18-28(22-30)52(10,11)12)24-36-40-34(46(56)54-48(36)58)15-13-31(44(40)42)41(37)43(32)39/h13-24H,1-12H3,(H,53,55,57)(H,54,56,58). The van der Waals surface area contributed by atoms with E-state index in [-0.39, 0.29) is 21.7 Å². The lowest BCUT2D eigenvalue weighted by Gasteiger charge is -2.28. The van der Waals surface area contributed by atoms with Gasteiger partial charge in [-0.05, 0) is 103 Å². The number of amides is 4. The summed E-state index contributed by atoms with van der Waals surface area (Å²) in [7, 11) is 0. The highest BCUT2D eigenvalue weighted by Crippen LogP contribution is 2.52. The lowest BCUT2D eigenvalue weighted by Crippen LogP contribution is -2.35. The van der Waals surface area contributed by atoms with Crippen molar-refractivity contribution in [2.24, 2.45) is 0 Å². The van der Waals surface area contributed by atoms with E-state index < -0.39 is 23.6 Å². The fraction of sp³-hybridized carbons (Fsp3) is 0.308. The second-order valence-electron chi connectivity index (χ2n) is 20.7. The molecule has 0 fully saturated rings. The van der Waals surface area contributed by atoms with Crippen LogP contribution in [0.5, 0.6) is 23.0 Å². The molecule has 0 unspecified atom stereocenters. The highest BCUT2D eigenvalue weighted by molar-refractivity contribution is 6.43. The Balaban J connectivity index is 1.43. The Labute approximate surface area is 350 Å². The van der Waals surface area contributed by atoms with Gasteiger partial charge in [0.25, 0.3) is 23.6 Å². The molecule has 9 rings (SSSR count). The smallest absolute Gasteiger partial charge is 0.258 e. The normalized spacial score (nSPS) is 14.7. The minimum atomic E-state index is -0.525. The molecule has 8 nitrogen and oxygen atoms in total. The second-order valence-corrected chi connectivity index (χ2v) is 20.7. The average molecular weight is 799 g/mol. The lowest BCUT2D eigenvalue weighted by atomic mass is 9.80. The Bertz CT molecular complexity index is 2810. The molecule has 2 N–H and O–H groups in total. The van der Waals surface area contributed by atoms with Crippen molar-refractivity contribution in [2.75, 3.05) is 0 Å². The molecule has 0 aromatic heterocycles. The molecule has 2 heterocycles. The third kappa shape index (κ3) is 6.10. The van der Waals surface area contributed by atoms with Gasteiger partial charge in [0.05, 0.1) is 11.1 Å². The van der Waals surface area contributed by atoms with Gasteiger partial charge in [0.1, 0.15) is 23.0 Å². The number of rotatable bonds is 4. The molecule has 0 saturated heterocycles. The van der Waals surface area contributed by atoms with Crippen LogP contribution in [0.2, 0.25) is 0 Å². The summed E-state index contributed by atoms with van der Waals surface area (Å²) in [6.07, 6.45) is 0. The molecule has 0 saturated carbocycles. The van der Waals surface area contributed by atoms with Crippen LogP contribution in [-0.4, -0.2) is 23.6 Å². The first-order valence-corrected chi connectivity index (χ1v) is 20.6. The Kier molecular flexibility index (Phi) is 8.24. The van der Waals surface area contributed by atoms with Gasteiger partial charge in [0, 0.05) is 43.4 Å². The summed E-state index contributed by atoms with van der Waals surface area (Å²) in [5, 5.41) is 10.1. The molecule has 0 aliphatic carbocycles. The number of ether oxygens (including phenoxy) is 2. The van der Waals surface area contributed by atoms with Crippen LogP contribution in [0.4, 0.5) is 0 Å². The second kappa shape index (κ2) is 12.6. The van der Waals surface area contributed by atoms with Gasteiger partial charge in [-0.15, -0.1) is 0 Å². The largest absolute Gasteiger partial charge is 0.457 e. The van der Waals surface area contributed by atoms with E-state index in [0.29, 0.717) is 88.3 Å². The highest BCUT2D eigenvalue weighted by atomic mass is 16.5. The minimum absolute atomic E-state index is 0.194. The summed E-state index contributed by atoms with van der Waals surface area (Å²) in [4.78, 5) is 54.9. The van der Waals surface area contributed by atoms with Crippen LogP contribution < -0.4 is 20.1 Å². The monoisotopic (exact) mass is 798 g/mol. The number of benzene rings is 7. The van der Waals surface area contributed by atoms with Gasteiger partial charge in [0.2, 0.25) is 0 Å². The maximum absolute atomic E-state index is 13.9. The van der Waals surface area contributed by atoms with Crippen LogP contribution in [-0.2, 0) is 21.7 Å². The van der Waals surface area contributed by atoms with Crippen molar-refractivity contribution >= 4 is 66.7 Å². The summed E-state index contributed by atoms with van der Waals surface area (Å²) in [6.45, 7) is 25.9. The summed E-state index contributed by atoms with van der Waals surface area (Å²) < 4.78 is 14.0. The predicted octanol–water partition coefficient (Wildman–Crippen LogP) is 12.3. The zero-order chi connectivity index (χ0) is 43.2. The molecule has 0 radical (unpaired) electrons. The summed E-state index contributed by atoms with van der Waals surface area (Å²) >= 11 is 0. The van der Waals surface area contributed by atoms with Crippen molar-refractivity contribution in [1.29, 1.82) is 0 Å². The first-order chi connectivity index (χ1) is 27.9. The number of nitrogens with one attached hydrogen (secondary N) is 2.